The summed E-state index contributed by atoms with van der Waals surface area (Å²) < 4.78 is 4.70. The predicted molar refractivity (Wildman–Crippen MR) is 40.6 cm³/mol. The van der Waals surface area contributed by atoms with Crippen LogP contribution in [0.4, 0.5) is 0 Å². The molecule has 1 unspecified atom stereocenters. The molecular formula is C7H11NO3. The lowest BCUT2D eigenvalue weighted by Gasteiger charge is -2.06. The van der Waals surface area contributed by atoms with Crippen LogP contribution in [0.1, 0.15) is 13.8 Å². The lowest BCUT2D eigenvalue weighted by atomic mass is 10.4. The molecule has 0 saturated carbocycles. The molecule has 0 amide bonds. The van der Waals surface area contributed by atoms with Gasteiger partial charge in [-0.25, -0.2) is 4.79 Å². The van der Waals surface area contributed by atoms with Crippen LogP contribution in [-0.2, 0) is 9.53 Å². The number of nitrogens with zero attached hydrogens (tertiary/aromatic N) is 1. The second kappa shape index (κ2) is 4.49. The first kappa shape index (κ1) is 9.68. The molecule has 0 bridgehead atoms. The van der Waals surface area contributed by atoms with Gasteiger partial charge in [-0.15, -0.1) is 0 Å². The smallest absolute Gasteiger partial charge is 0.356 e. The topological polar surface area (TPSA) is 58.9 Å². The average molecular weight is 157 g/mol. The van der Waals surface area contributed by atoms with Gasteiger partial charge >= 0.3 is 5.97 Å². The third-order valence-corrected chi connectivity index (χ3v) is 1.07. The standard InChI is InChI=1S/C7H11NO3/c1-4-5(2)11-7(9)6(3)8-10/h4-5,10H,1H2,2-3H3/b8-6-. The second-order valence-electron chi connectivity index (χ2n) is 2.03. The van der Waals surface area contributed by atoms with Gasteiger partial charge in [0, 0.05) is 0 Å². The SMILES string of the molecule is C=CC(C)OC(=O)/C(C)=N\O. The van der Waals surface area contributed by atoms with E-state index in [-0.39, 0.29) is 11.8 Å². The summed E-state index contributed by atoms with van der Waals surface area (Å²) in [4.78, 5) is 10.8. The van der Waals surface area contributed by atoms with E-state index in [4.69, 9.17) is 9.94 Å². The number of rotatable bonds is 3. The highest BCUT2D eigenvalue weighted by Gasteiger charge is 2.09. The molecule has 0 aliphatic rings. The van der Waals surface area contributed by atoms with Gasteiger partial charge in [-0.05, 0) is 13.8 Å². The highest BCUT2D eigenvalue weighted by atomic mass is 16.5. The Morgan fingerprint density at radius 2 is 2.36 bits per heavy atom. The molecule has 11 heavy (non-hydrogen) atoms. The maximum atomic E-state index is 10.8. The van der Waals surface area contributed by atoms with Crippen molar-refractivity contribution in [3.05, 3.63) is 12.7 Å². The highest BCUT2D eigenvalue weighted by molar-refractivity contribution is 6.35. The molecule has 0 aromatic carbocycles. The van der Waals surface area contributed by atoms with Crippen molar-refractivity contribution in [2.75, 3.05) is 0 Å². The minimum atomic E-state index is -0.639. The van der Waals surface area contributed by atoms with Crippen molar-refractivity contribution < 1.29 is 14.7 Å². The van der Waals surface area contributed by atoms with Crippen molar-refractivity contribution in [2.24, 2.45) is 5.16 Å². The lowest BCUT2D eigenvalue weighted by Crippen LogP contribution is -2.19. The maximum Gasteiger partial charge on any atom is 0.356 e. The number of carbonyl (C=O) groups excluding carboxylic acids is 1. The van der Waals surface area contributed by atoms with Gasteiger partial charge in [0.25, 0.3) is 0 Å². The van der Waals surface area contributed by atoms with E-state index in [0.29, 0.717) is 0 Å². The number of ether oxygens (including phenoxy) is 1. The molecule has 0 aliphatic heterocycles. The van der Waals surface area contributed by atoms with Crippen LogP contribution in [0.5, 0.6) is 0 Å². The van der Waals surface area contributed by atoms with Crippen LogP contribution in [0.3, 0.4) is 0 Å². The van der Waals surface area contributed by atoms with E-state index in [1.54, 1.807) is 6.92 Å². The Bertz CT molecular complexity index is 186. The van der Waals surface area contributed by atoms with Crippen molar-refractivity contribution in [1.82, 2.24) is 0 Å². The largest absolute Gasteiger partial charge is 0.454 e. The molecule has 0 spiro atoms. The molecule has 1 N–H and O–H groups in total. The van der Waals surface area contributed by atoms with Crippen LogP contribution < -0.4 is 0 Å². The molecular weight excluding hydrogens is 146 g/mol. The van der Waals surface area contributed by atoms with Gasteiger partial charge in [0.2, 0.25) is 0 Å². The van der Waals surface area contributed by atoms with Crippen molar-refractivity contribution in [3.8, 4) is 0 Å². The minimum absolute atomic E-state index is 0.0706. The highest BCUT2D eigenvalue weighted by Crippen LogP contribution is 1.93. The second-order valence-corrected chi connectivity index (χ2v) is 2.03. The third kappa shape index (κ3) is 3.40. The first-order chi connectivity index (χ1) is 5.11. The molecule has 0 rings (SSSR count). The van der Waals surface area contributed by atoms with Gasteiger partial charge in [0.1, 0.15) is 6.10 Å². The first-order valence-electron chi connectivity index (χ1n) is 3.14. The molecule has 62 valence electrons. The van der Waals surface area contributed by atoms with Crippen LogP contribution >= 0.6 is 0 Å². The number of hydrogen-bond acceptors (Lipinski definition) is 4. The van der Waals surface area contributed by atoms with E-state index in [1.165, 1.54) is 13.0 Å². The zero-order valence-corrected chi connectivity index (χ0v) is 6.57. The van der Waals surface area contributed by atoms with E-state index >= 15 is 0 Å². The molecule has 1 atom stereocenters. The van der Waals surface area contributed by atoms with Gasteiger partial charge in [-0.2, -0.15) is 0 Å². The van der Waals surface area contributed by atoms with Crippen molar-refractivity contribution in [2.45, 2.75) is 20.0 Å². The number of esters is 1. The van der Waals surface area contributed by atoms with Crippen LogP contribution in [0.15, 0.2) is 17.8 Å². The monoisotopic (exact) mass is 157 g/mol. The Morgan fingerprint density at radius 3 is 2.73 bits per heavy atom. The Labute approximate surface area is 65.2 Å². The zero-order valence-electron chi connectivity index (χ0n) is 6.57. The van der Waals surface area contributed by atoms with Crippen LogP contribution in [0.25, 0.3) is 0 Å². The third-order valence-electron chi connectivity index (χ3n) is 1.07. The first-order valence-corrected chi connectivity index (χ1v) is 3.14. The fraction of sp³-hybridized carbons (Fsp3) is 0.429. The summed E-state index contributed by atoms with van der Waals surface area (Å²) in [6, 6.07) is 0. The predicted octanol–water partition coefficient (Wildman–Crippen LogP) is 0.954. The molecule has 0 saturated heterocycles. The molecule has 0 aliphatic carbocycles. The summed E-state index contributed by atoms with van der Waals surface area (Å²) in [6.07, 6.45) is 1.11. The average Bonchev–Trinajstić information content (AvgIpc) is 2.02. The van der Waals surface area contributed by atoms with Crippen LogP contribution in [-0.4, -0.2) is 23.0 Å². The summed E-state index contributed by atoms with van der Waals surface area (Å²) in [6.45, 7) is 6.44. The van der Waals surface area contributed by atoms with Gasteiger partial charge < -0.3 is 9.94 Å². The van der Waals surface area contributed by atoms with Crippen molar-refractivity contribution in [1.29, 1.82) is 0 Å². The van der Waals surface area contributed by atoms with E-state index < -0.39 is 5.97 Å². The summed E-state index contributed by atoms with van der Waals surface area (Å²) in [5.41, 5.74) is -0.0706. The molecule has 0 radical (unpaired) electrons. The molecule has 0 aromatic rings. The van der Waals surface area contributed by atoms with Gasteiger partial charge in [-0.3, -0.25) is 0 Å². The van der Waals surface area contributed by atoms with E-state index in [2.05, 4.69) is 11.7 Å². The molecule has 4 nitrogen and oxygen atoms in total. The van der Waals surface area contributed by atoms with Gasteiger partial charge in [0.05, 0.1) is 0 Å². The number of oxime groups is 1. The van der Waals surface area contributed by atoms with Gasteiger partial charge in [-0.1, -0.05) is 17.8 Å². The van der Waals surface area contributed by atoms with Crippen LogP contribution in [0.2, 0.25) is 0 Å². The fourth-order valence-corrected chi connectivity index (χ4v) is 0.343. The summed E-state index contributed by atoms with van der Waals surface area (Å²) >= 11 is 0. The Balaban J connectivity index is 3.97. The van der Waals surface area contributed by atoms with E-state index in [9.17, 15) is 4.79 Å². The van der Waals surface area contributed by atoms with Gasteiger partial charge in [0.15, 0.2) is 5.71 Å². The molecule has 4 heteroatoms. The zero-order chi connectivity index (χ0) is 8.85. The van der Waals surface area contributed by atoms with E-state index in [1.807, 2.05) is 0 Å². The van der Waals surface area contributed by atoms with Crippen molar-refractivity contribution in [3.63, 3.8) is 0 Å². The Morgan fingerprint density at radius 1 is 1.82 bits per heavy atom. The van der Waals surface area contributed by atoms with Crippen LogP contribution in [0, 0.1) is 0 Å². The lowest BCUT2D eigenvalue weighted by molar-refractivity contribution is -0.138. The minimum Gasteiger partial charge on any atom is -0.454 e. The summed E-state index contributed by atoms with van der Waals surface area (Å²) in [7, 11) is 0. The fourth-order valence-electron chi connectivity index (χ4n) is 0.343. The Hall–Kier alpha value is -1.32. The maximum absolute atomic E-state index is 10.8. The quantitative estimate of drug-likeness (QED) is 0.218. The molecule has 0 heterocycles. The Kier molecular flexibility index (Phi) is 3.95. The molecule has 0 fully saturated rings. The summed E-state index contributed by atoms with van der Waals surface area (Å²) in [5.74, 6) is -0.639. The normalized spacial score (nSPS) is 13.8. The number of carbonyl (C=O) groups is 1. The summed E-state index contributed by atoms with van der Waals surface area (Å²) in [5, 5.41) is 10.8. The van der Waals surface area contributed by atoms with E-state index in [0.717, 1.165) is 0 Å². The van der Waals surface area contributed by atoms with Crippen molar-refractivity contribution >= 4 is 11.7 Å². The molecule has 0 aromatic heterocycles. The number of hydrogen-bond donors (Lipinski definition) is 1.